The molecule has 192 valence electrons. The summed E-state index contributed by atoms with van der Waals surface area (Å²) in [5.74, 6) is -0.879. The molecule has 0 saturated carbocycles. The van der Waals surface area contributed by atoms with Crippen LogP contribution in [0, 0.1) is 12.7 Å². The van der Waals surface area contributed by atoms with Crippen molar-refractivity contribution in [3.63, 3.8) is 0 Å². The number of hydrogen-bond acceptors (Lipinski definition) is 4. The molecule has 0 fully saturated rings. The molecule has 0 heterocycles. The number of hydrogen-bond donors (Lipinski definition) is 1. The first-order valence-corrected chi connectivity index (χ1v) is 13.8. The van der Waals surface area contributed by atoms with E-state index in [9.17, 15) is 22.4 Å². The lowest BCUT2D eigenvalue weighted by molar-refractivity contribution is -0.141. The summed E-state index contributed by atoms with van der Waals surface area (Å²) in [7, 11) is -3.63. The highest BCUT2D eigenvalue weighted by Gasteiger charge is 2.29. The molecule has 0 spiro atoms. The van der Waals surface area contributed by atoms with Gasteiger partial charge < -0.3 is 10.2 Å². The fourth-order valence-electron chi connectivity index (χ4n) is 3.87. The van der Waals surface area contributed by atoms with Crippen molar-refractivity contribution in [1.82, 2.24) is 10.2 Å². The molecule has 2 aromatic rings. The minimum atomic E-state index is -3.63. The second kappa shape index (κ2) is 13.2. The number of aryl methyl sites for hydroxylation is 1. The van der Waals surface area contributed by atoms with Crippen LogP contribution in [0.25, 0.3) is 0 Å². The summed E-state index contributed by atoms with van der Waals surface area (Å²) in [5, 5.41) is 2.89. The van der Waals surface area contributed by atoms with Crippen molar-refractivity contribution < 1.29 is 22.4 Å². The van der Waals surface area contributed by atoms with Gasteiger partial charge in [0.15, 0.2) is 0 Å². The van der Waals surface area contributed by atoms with Crippen LogP contribution in [0.5, 0.6) is 0 Å². The van der Waals surface area contributed by atoms with Crippen LogP contribution in [-0.2, 0) is 26.2 Å². The lowest BCUT2D eigenvalue weighted by Gasteiger charge is -2.31. The van der Waals surface area contributed by atoms with Crippen LogP contribution in [0.15, 0.2) is 48.5 Å². The van der Waals surface area contributed by atoms with E-state index in [1.54, 1.807) is 4.90 Å². The van der Waals surface area contributed by atoms with Crippen LogP contribution in [0.2, 0.25) is 0 Å². The van der Waals surface area contributed by atoms with Crippen LogP contribution in [0.4, 0.5) is 10.1 Å². The topological polar surface area (TPSA) is 86.8 Å². The van der Waals surface area contributed by atoms with Crippen LogP contribution >= 0.6 is 0 Å². The molecular formula is C26H36FN3O4S. The Morgan fingerprint density at radius 3 is 2.29 bits per heavy atom. The largest absolute Gasteiger partial charge is 0.354 e. The normalized spacial score (nSPS) is 12.1. The Labute approximate surface area is 208 Å². The van der Waals surface area contributed by atoms with Crippen molar-refractivity contribution in [1.29, 1.82) is 0 Å². The zero-order valence-electron chi connectivity index (χ0n) is 21.0. The smallest absolute Gasteiger partial charge is 0.242 e. The third-order valence-electron chi connectivity index (χ3n) is 5.80. The molecule has 0 bridgehead atoms. The zero-order valence-corrected chi connectivity index (χ0v) is 21.8. The lowest BCUT2D eigenvalue weighted by atomic mass is 10.1. The number of benzene rings is 2. The number of nitrogens with one attached hydrogen (secondary N) is 1. The van der Waals surface area contributed by atoms with E-state index in [1.807, 2.05) is 45.0 Å². The summed E-state index contributed by atoms with van der Waals surface area (Å²) in [6.45, 7) is 6.68. The van der Waals surface area contributed by atoms with Gasteiger partial charge in [-0.3, -0.25) is 13.9 Å². The van der Waals surface area contributed by atoms with Gasteiger partial charge in [-0.25, -0.2) is 12.8 Å². The standard InChI is InChI=1S/C26H36FN3O4S/c1-5-17-28-26(32)24(6-2)29(19-21-11-8-7-10-20(21)3)25(31)12-9-18-30(35(4,33)34)23-15-13-22(27)14-16-23/h7-8,10-11,13-16,24H,5-6,9,12,17-19H2,1-4H3,(H,28,32). The van der Waals surface area contributed by atoms with Crippen molar-refractivity contribution in [2.75, 3.05) is 23.7 Å². The van der Waals surface area contributed by atoms with E-state index in [0.717, 1.165) is 28.1 Å². The monoisotopic (exact) mass is 505 g/mol. The molecule has 35 heavy (non-hydrogen) atoms. The third-order valence-corrected chi connectivity index (χ3v) is 7.00. The Hall–Kier alpha value is -2.94. The van der Waals surface area contributed by atoms with E-state index in [4.69, 9.17) is 0 Å². The molecule has 2 rings (SSSR count). The Morgan fingerprint density at radius 1 is 1.06 bits per heavy atom. The highest BCUT2D eigenvalue weighted by Crippen LogP contribution is 2.20. The first kappa shape index (κ1) is 28.3. The molecule has 0 aliphatic rings. The van der Waals surface area contributed by atoms with Gasteiger partial charge in [-0.1, -0.05) is 38.1 Å². The van der Waals surface area contributed by atoms with E-state index < -0.39 is 21.9 Å². The Bertz CT molecular complexity index is 1090. The molecule has 0 saturated heterocycles. The van der Waals surface area contributed by atoms with Crippen LogP contribution in [0.1, 0.15) is 50.7 Å². The molecule has 0 aromatic heterocycles. The van der Waals surface area contributed by atoms with Crippen molar-refractivity contribution >= 4 is 27.5 Å². The predicted molar refractivity (Wildman–Crippen MR) is 137 cm³/mol. The Balaban J connectivity index is 2.20. The van der Waals surface area contributed by atoms with Crippen LogP contribution in [-0.4, -0.2) is 50.5 Å². The first-order valence-electron chi connectivity index (χ1n) is 11.9. The molecule has 2 amide bonds. The van der Waals surface area contributed by atoms with Crippen LogP contribution in [0.3, 0.4) is 0 Å². The Kier molecular flexibility index (Phi) is 10.7. The number of carbonyl (C=O) groups excluding carboxylic acids is 2. The second-order valence-electron chi connectivity index (χ2n) is 8.58. The van der Waals surface area contributed by atoms with Gasteiger partial charge in [0.2, 0.25) is 21.8 Å². The highest BCUT2D eigenvalue weighted by atomic mass is 32.2. The molecule has 2 aromatic carbocycles. The minimum absolute atomic E-state index is 0.0627. The highest BCUT2D eigenvalue weighted by molar-refractivity contribution is 7.92. The molecule has 0 aliphatic carbocycles. The van der Waals surface area contributed by atoms with Gasteiger partial charge in [-0.15, -0.1) is 0 Å². The molecule has 1 N–H and O–H groups in total. The molecule has 1 atom stereocenters. The maximum Gasteiger partial charge on any atom is 0.242 e. The van der Waals surface area contributed by atoms with Crippen LogP contribution < -0.4 is 9.62 Å². The van der Waals surface area contributed by atoms with Gasteiger partial charge in [0.05, 0.1) is 11.9 Å². The Morgan fingerprint density at radius 2 is 1.71 bits per heavy atom. The number of sulfonamides is 1. The van der Waals surface area contributed by atoms with Crippen molar-refractivity contribution in [2.24, 2.45) is 0 Å². The average molecular weight is 506 g/mol. The number of rotatable bonds is 13. The van der Waals surface area contributed by atoms with Crippen molar-refractivity contribution in [3.05, 3.63) is 65.5 Å². The van der Waals surface area contributed by atoms with E-state index in [1.165, 1.54) is 24.3 Å². The van der Waals surface area contributed by atoms with E-state index in [0.29, 0.717) is 18.7 Å². The zero-order chi connectivity index (χ0) is 26.0. The van der Waals surface area contributed by atoms with Gasteiger partial charge in [-0.2, -0.15) is 0 Å². The van der Waals surface area contributed by atoms with Gasteiger partial charge >= 0.3 is 0 Å². The molecule has 0 radical (unpaired) electrons. The minimum Gasteiger partial charge on any atom is -0.354 e. The van der Waals surface area contributed by atoms with Gasteiger partial charge in [0, 0.05) is 26.1 Å². The molecule has 1 unspecified atom stereocenters. The second-order valence-corrected chi connectivity index (χ2v) is 10.5. The van der Waals surface area contributed by atoms with Crippen molar-refractivity contribution in [3.8, 4) is 0 Å². The molecule has 7 nitrogen and oxygen atoms in total. The summed E-state index contributed by atoms with van der Waals surface area (Å²) in [4.78, 5) is 27.8. The van der Waals surface area contributed by atoms with E-state index >= 15 is 0 Å². The van der Waals surface area contributed by atoms with Crippen molar-refractivity contribution in [2.45, 2.75) is 59.0 Å². The summed E-state index contributed by atoms with van der Waals surface area (Å²) in [5.41, 5.74) is 2.31. The first-order chi connectivity index (χ1) is 16.6. The van der Waals surface area contributed by atoms with E-state index in [-0.39, 0.29) is 37.7 Å². The predicted octanol–water partition coefficient (Wildman–Crippen LogP) is 4.01. The summed E-state index contributed by atoms with van der Waals surface area (Å²) in [6, 6.07) is 12.3. The van der Waals surface area contributed by atoms with Gasteiger partial charge in [-0.05, 0) is 61.6 Å². The quantitative estimate of drug-likeness (QED) is 0.446. The number of anilines is 1. The SMILES string of the molecule is CCCNC(=O)C(CC)N(Cc1ccccc1C)C(=O)CCCN(c1ccc(F)cc1)S(C)(=O)=O. The summed E-state index contributed by atoms with van der Waals surface area (Å²) < 4.78 is 39.1. The maximum absolute atomic E-state index is 13.4. The molecule has 0 aliphatic heterocycles. The number of halogens is 1. The summed E-state index contributed by atoms with van der Waals surface area (Å²) in [6.07, 6.45) is 2.64. The van der Waals surface area contributed by atoms with Gasteiger partial charge in [0.25, 0.3) is 0 Å². The number of amides is 2. The lowest BCUT2D eigenvalue weighted by Crippen LogP contribution is -2.49. The maximum atomic E-state index is 13.4. The average Bonchev–Trinajstić information content (AvgIpc) is 2.81. The summed E-state index contributed by atoms with van der Waals surface area (Å²) >= 11 is 0. The fourth-order valence-corrected chi connectivity index (χ4v) is 4.83. The fraction of sp³-hybridized carbons (Fsp3) is 0.462. The third kappa shape index (κ3) is 8.35. The van der Waals surface area contributed by atoms with Gasteiger partial charge in [0.1, 0.15) is 11.9 Å². The molecular weight excluding hydrogens is 469 g/mol. The number of nitrogens with zero attached hydrogens (tertiary/aromatic N) is 2. The molecule has 9 heteroatoms. The number of carbonyl (C=O) groups is 2. The van der Waals surface area contributed by atoms with E-state index in [2.05, 4.69) is 5.32 Å².